The summed E-state index contributed by atoms with van der Waals surface area (Å²) < 4.78 is 190. The zero-order chi connectivity index (χ0) is 97.0. The second kappa shape index (κ2) is 46.7. The first-order valence-corrected chi connectivity index (χ1v) is 51.7. The van der Waals surface area contributed by atoms with Gasteiger partial charge in [-0.3, -0.25) is 49.6 Å². The van der Waals surface area contributed by atoms with E-state index in [1.165, 1.54) is 40.4 Å². The Bertz CT molecular complexity index is 5260. The molecule has 0 radical (unpaired) electrons. The molecule has 0 aliphatic carbocycles. The van der Waals surface area contributed by atoms with Gasteiger partial charge in [0.1, 0.15) is 46.7 Å². The van der Waals surface area contributed by atoms with E-state index in [1.807, 2.05) is 78.2 Å². The van der Waals surface area contributed by atoms with E-state index in [-0.39, 0.29) is 160 Å². The number of fused-ring (bicyclic) bond motifs is 1. The van der Waals surface area contributed by atoms with Crippen LogP contribution in [0.15, 0.2) is 115 Å². The predicted octanol–water partition coefficient (Wildman–Crippen LogP) is 9.01. The number of unbranched alkanes of at least 4 members (excludes halogenated alkanes) is 1. The maximum absolute atomic E-state index is 13.5. The van der Waals surface area contributed by atoms with Gasteiger partial charge in [0.05, 0.1) is 7.11 Å². The molecule has 746 valence electrons. The second-order valence-electron chi connectivity index (χ2n) is 35.7. The molecule has 0 atom stereocenters. The van der Waals surface area contributed by atoms with E-state index in [0.717, 1.165) is 105 Å². The van der Waals surface area contributed by atoms with Gasteiger partial charge in [-0.1, -0.05) is 37.1 Å². The van der Waals surface area contributed by atoms with Crippen molar-refractivity contribution in [2.24, 2.45) is 17.8 Å². The maximum Gasteiger partial charge on any atom is 0.573 e. The number of carbonyl (C=O) groups excluding carboxylic acids is 6. The van der Waals surface area contributed by atoms with Crippen LogP contribution in [-0.2, 0) is 89.4 Å². The number of aryl methyl sites for hydroxylation is 2. The normalized spacial score (nSPS) is 20.9. The van der Waals surface area contributed by atoms with Gasteiger partial charge in [-0.05, 0) is 216 Å². The topological polar surface area (TPSA) is 471 Å². The maximum atomic E-state index is 13.5. The average molecular weight is 1980 g/mol. The molecule has 0 saturated carbocycles. The molecule has 0 aromatic heterocycles. The molecule has 8 N–H and O–H groups in total. The quantitative estimate of drug-likeness (QED) is 0.0138. The highest BCUT2D eigenvalue weighted by molar-refractivity contribution is 7.92. The largest absolute Gasteiger partial charge is 0.573 e. The first kappa shape index (κ1) is 105. The number of rotatable bonds is 27. The lowest BCUT2D eigenvalue weighted by Gasteiger charge is -2.43. The number of sulfonamides is 4. The molecule has 5 aromatic rings. The Morgan fingerprint density at radius 3 is 1.15 bits per heavy atom. The number of methoxy groups -OCH3 is 1. The van der Waals surface area contributed by atoms with Gasteiger partial charge in [0, 0.05) is 194 Å². The van der Waals surface area contributed by atoms with Crippen molar-refractivity contribution < 1.29 is 139 Å². The zero-order valence-corrected chi connectivity index (χ0v) is 79.4. The molecule has 10 aliphatic heterocycles. The minimum absolute atomic E-state index is 0.00862. The van der Waals surface area contributed by atoms with Crippen molar-refractivity contribution >= 4 is 81.2 Å². The summed E-state index contributed by atoms with van der Waals surface area (Å²) in [6.45, 7) is 9.46. The number of hydroxylamine groups is 4. The number of hydrogen-bond acceptors (Lipinski definition) is 27. The van der Waals surface area contributed by atoms with Crippen LogP contribution in [0.3, 0.4) is 0 Å². The van der Waals surface area contributed by atoms with E-state index < -0.39 is 89.1 Å². The Morgan fingerprint density at radius 1 is 0.422 bits per heavy atom. The summed E-state index contributed by atoms with van der Waals surface area (Å²) in [5, 5.41) is 36.7. The summed E-state index contributed by atoms with van der Waals surface area (Å²) in [5.74, 6) is 0.646. The molecular formula is C91H125F3N10O27S4. The first-order valence-electron chi connectivity index (χ1n) is 46.0. The highest BCUT2D eigenvalue weighted by Gasteiger charge is 2.59. The number of anilines is 1. The lowest BCUT2D eigenvalue weighted by Crippen LogP contribution is -2.60. The minimum atomic E-state index is -4.78. The third-order valence-corrected chi connectivity index (χ3v) is 38.2. The number of ether oxygens (including phenoxy) is 9. The van der Waals surface area contributed by atoms with Crippen LogP contribution in [0, 0.1) is 31.6 Å². The fraction of sp³-hybridized carbons (Fsp3) is 0.604. The van der Waals surface area contributed by atoms with Crippen molar-refractivity contribution in [3.05, 3.63) is 138 Å². The van der Waals surface area contributed by atoms with Crippen molar-refractivity contribution in [3.63, 3.8) is 0 Å². The molecule has 9 fully saturated rings. The first-order chi connectivity index (χ1) is 64.5. The molecule has 44 heteroatoms. The summed E-state index contributed by atoms with van der Waals surface area (Å²) in [6.07, 6.45) is 5.28. The fourth-order valence-electron chi connectivity index (χ4n) is 19.8. The van der Waals surface area contributed by atoms with Gasteiger partial charge in [0.2, 0.25) is 46.0 Å². The van der Waals surface area contributed by atoms with Gasteiger partial charge in [-0.15, -0.1) is 13.2 Å². The number of piperidine rings is 5. The van der Waals surface area contributed by atoms with Crippen molar-refractivity contribution in [1.82, 2.24) is 44.0 Å². The molecular weight excluding hydrogens is 1850 g/mol. The number of halogens is 3. The molecule has 37 nitrogen and oxygen atoms in total. The molecule has 10 aliphatic rings. The summed E-state index contributed by atoms with van der Waals surface area (Å²) in [4.78, 5) is 78.8. The third kappa shape index (κ3) is 24.7. The molecule has 5 aromatic carbocycles. The van der Waals surface area contributed by atoms with E-state index in [1.54, 1.807) is 47.8 Å². The average Bonchev–Trinajstić information content (AvgIpc) is 1.73. The van der Waals surface area contributed by atoms with E-state index in [9.17, 15) is 91.2 Å². The Balaban J connectivity index is 0.000000162. The van der Waals surface area contributed by atoms with Crippen molar-refractivity contribution in [2.75, 3.05) is 137 Å². The molecule has 9 saturated heterocycles. The van der Waals surface area contributed by atoms with E-state index >= 15 is 0 Å². The van der Waals surface area contributed by atoms with Crippen LogP contribution in [-0.4, -0.2) is 282 Å². The van der Waals surface area contributed by atoms with Crippen molar-refractivity contribution in [2.45, 2.75) is 199 Å². The van der Waals surface area contributed by atoms with Crippen molar-refractivity contribution in [3.8, 4) is 34.5 Å². The molecule has 135 heavy (non-hydrogen) atoms. The highest BCUT2D eigenvalue weighted by atomic mass is 32.2. The lowest BCUT2D eigenvalue weighted by atomic mass is 9.79. The lowest BCUT2D eigenvalue weighted by molar-refractivity contribution is -0.274. The molecule has 10 heterocycles. The number of hydrogen-bond donors (Lipinski definition) is 8. The van der Waals surface area contributed by atoms with Crippen LogP contribution in [0.1, 0.15) is 168 Å². The van der Waals surface area contributed by atoms with Crippen LogP contribution in [0.4, 0.5) is 18.9 Å². The Labute approximate surface area is 785 Å². The zero-order valence-electron chi connectivity index (χ0n) is 76.2. The molecule has 0 unspecified atom stereocenters. The second-order valence-corrected chi connectivity index (χ2v) is 44.7. The molecule has 6 amide bonds. The fourth-order valence-corrected chi connectivity index (χ4v) is 28.4. The number of benzene rings is 5. The van der Waals surface area contributed by atoms with Gasteiger partial charge >= 0.3 is 6.36 Å². The minimum Gasteiger partial charge on any atom is -0.497 e. The Hall–Kier alpha value is -8.97. The number of nitrogens with zero attached hydrogens (tertiary/aromatic N) is 6. The summed E-state index contributed by atoms with van der Waals surface area (Å²) in [5.41, 5.74) is 11.4. The monoisotopic (exact) mass is 1970 g/mol. The third-order valence-electron chi connectivity index (χ3n) is 27.7. The van der Waals surface area contributed by atoms with E-state index in [2.05, 4.69) is 16.9 Å². The number of carbonyl (C=O) groups is 6. The van der Waals surface area contributed by atoms with E-state index in [0.29, 0.717) is 118 Å². The highest BCUT2D eigenvalue weighted by Crippen LogP contribution is 2.43. The van der Waals surface area contributed by atoms with Crippen molar-refractivity contribution in [1.29, 1.82) is 0 Å². The van der Waals surface area contributed by atoms with Gasteiger partial charge in [-0.2, -0.15) is 0 Å². The summed E-state index contributed by atoms with van der Waals surface area (Å²) in [7, 11) is -14.3. The number of para-hydroxylation sites is 1. The van der Waals surface area contributed by atoms with Crippen LogP contribution >= 0.6 is 0 Å². The summed E-state index contributed by atoms with van der Waals surface area (Å²) in [6, 6.07) is 33.6. The van der Waals surface area contributed by atoms with Crippen LogP contribution in [0.5, 0.6) is 34.5 Å². The Kier molecular flexibility index (Phi) is 36.3. The van der Waals surface area contributed by atoms with Gasteiger partial charge in [0.15, 0.2) is 19.0 Å². The number of likely N-dealkylation sites (tertiary alicyclic amines) is 1. The predicted molar refractivity (Wildman–Crippen MR) is 484 cm³/mol. The SMILES string of the molecule is COc1ccc(C(=O)N2CCC(C3CCN(S(=O)(=O)C4(C(=O)NO)CCOCC4)CC3)CC2)cc1.Cc1cc(C)cc(Oc2ccc(OC3CCN(S(=O)(=O)C4(C(=O)NO)CCOCC4)CC3)cc2)c1.O=C(CCCCC1CCN(S(=O)(=O)C2(C(=O)NO)CCOCC2)CC1)N1CCc2ccccc21.O=C(NO)C1(S(=O)(=O)N2CCC(Oc3ccc(OC(F)(F)F)cc3)CC2)CCOCC1. The Morgan fingerprint density at radius 2 is 0.770 bits per heavy atom. The number of amides is 6. The summed E-state index contributed by atoms with van der Waals surface area (Å²) >= 11 is 0. The van der Waals surface area contributed by atoms with E-state index in [4.69, 9.17) is 43.1 Å². The van der Waals surface area contributed by atoms with Crippen LogP contribution in [0.25, 0.3) is 0 Å². The molecule has 0 bridgehead atoms. The van der Waals surface area contributed by atoms with Crippen LogP contribution in [0.2, 0.25) is 0 Å². The molecule has 0 spiro atoms. The molecule has 15 rings (SSSR count). The number of alkyl halides is 3. The smallest absolute Gasteiger partial charge is 0.497 e. The van der Waals surface area contributed by atoms with Gasteiger partial charge < -0.3 is 52.4 Å². The standard InChI is InChI=1S/C25H32N2O7S.C24H35N3O7S.C24H35N3O6S.C18H23F3N2O7S/c1-18-15-19(2)17-23(16-18)34-21-5-3-20(4-6-21)33-22-7-11-27(12-8-22)35(30,31)25(24(28)26-29)9-13-32-14-10-25;1-33-21-4-2-20(3-5-21)22(28)26-12-6-18(7-13-26)19-8-14-27(15-9-19)35(31,32)24(23(29)25-30)10-16-34-17-11-24;28-22(27-16-11-20-6-2-3-7-21(20)27)8-4-1-5-19-9-14-26(15-10-19)34(31,32)24(23(29)25-30)12-17-33-18-13-24;19-18(20,21)30-15-3-1-13(2-4-15)29-14-5-9-23(10-6-14)31(26,27)17(16(24)22-25)7-11-28-12-8-17/h3-6,15-17,22,29H,7-14H2,1-2H3,(H,26,28);2-5,18-19,30H,6-17H2,1H3,(H,25,29);2-3,6-7,19,30H,1,4-5,8-18H2,(H,25,29);1-4,14,25H,5-12H2,(H,22,24). The van der Waals surface area contributed by atoms with Gasteiger partial charge in [-0.25, -0.2) is 72.8 Å². The van der Waals surface area contributed by atoms with Crippen LogP contribution < -0.4 is 50.5 Å². The van der Waals surface area contributed by atoms with Gasteiger partial charge in [0.25, 0.3) is 29.5 Å². The number of nitrogens with one attached hydrogen (secondary N) is 4.